The van der Waals surface area contributed by atoms with Crippen LogP contribution < -0.4 is 13.9 Å². The molecule has 1 atom stereocenters. The van der Waals surface area contributed by atoms with Crippen LogP contribution in [0.15, 0.2) is 128 Å². The van der Waals surface area contributed by atoms with Gasteiger partial charge in [0, 0.05) is 34.4 Å². The van der Waals surface area contributed by atoms with Crippen LogP contribution in [0.25, 0.3) is 60.6 Å². The number of fused-ring (bicyclic) bond motifs is 7. The van der Waals surface area contributed by atoms with Crippen molar-refractivity contribution in [3.8, 4) is 34.0 Å². The predicted octanol–water partition coefficient (Wildman–Crippen LogP) is 7.34. The molecule has 0 saturated heterocycles. The highest BCUT2D eigenvalue weighted by Gasteiger charge is 2.70. The van der Waals surface area contributed by atoms with Gasteiger partial charge in [-0.3, -0.25) is 0 Å². The quantitative estimate of drug-likeness (QED) is 0.163. The van der Waals surface area contributed by atoms with E-state index in [-0.39, 0.29) is 0 Å². The van der Waals surface area contributed by atoms with Crippen molar-refractivity contribution in [3.05, 3.63) is 139 Å². The van der Waals surface area contributed by atoms with E-state index in [0.717, 1.165) is 11.5 Å². The fourth-order valence-electron chi connectivity index (χ4n) is 8.26. The smallest absolute Gasteiger partial charge is 0.425 e. The van der Waals surface area contributed by atoms with E-state index in [9.17, 15) is 0 Å². The van der Waals surface area contributed by atoms with Crippen molar-refractivity contribution < 1.29 is 13.9 Å². The summed E-state index contributed by atoms with van der Waals surface area (Å²) in [5, 5.41) is 5.06. The first kappa shape index (κ1) is 20.4. The maximum atomic E-state index is 6.75. The van der Waals surface area contributed by atoms with Crippen LogP contribution >= 0.6 is 0 Å². The van der Waals surface area contributed by atoms with Gasteiger partial charge in [-0.15, -0.1) is 9.13 Å². The molecule has 1 spiro atoms. The summed E-state index contributed by atoms with van der Waals surface area (Å²) in [6, 6.07) is 41.6. The van der Waals surface area contributed by atoms with E-state index in [2.05, 4.69) is 141 Å². The Morgan fingerprint density at radius 2 is 1.39 bits per heavy atom. The van der Waals surface area contributed by atoms with Crippen LogP contribution in [0.3, 0.4) is 0 Å². The van der Waals surface area contributed by atoms with Crippen LogP contribution in [0, 0.1) is 0 Å². The molecule has 0 N–H and O–H groups in total. The second-order valence-corrected chi connectivity index (χ2v) is 11.3. The Kier molecular flexibility index (Phi) is 3.30. The summed E-state index contributed by atoms with van der Waals surface area (Å²) in [5.74, 6) is 1.86. The van der Waals surface area contributed by atoms with Crippen molar-refractivity contribution in [2.45, 2.75) is 5.66 Å². The van der Waals surface area contributed by atoms with Crippen LogP contribution in [0.2, 0.25) is 0 Å². The average molecular weight is 524 g/mol. The van der Waals surface area contributed by atoms with E-state index in [4.69, 9.17) is 4.74 Å². The Labute approximate surface area is 234 Å². The fourth-order valence-corrected chi connectivity index (χ4v) is 8.26. The molecule has 0 radical (unpaired) electrons. The van der Waals surface area contributed by atoms with Crippen LogP contribution in [0.1, 0.15) is 11.1 Å². The van der Waals surface area contributed by atoms with Crippen LogP contribution in [-0.4, -0.2) is 4.40 Å². The third-order valence-corrected chi connectivity index (χ3v) is 9.58. The van der Waals surface area contributed by atoms with E-state index in [0.29, 0.717) is 0 Å². The van der Waals surface area contributed by atoms with Gasteiger partial charge < -0.3 is 9.14 Å². The van der Waals surface area contributed by atoms with Gasteiger partial charge in [0.15, 0.2) is 23.5 Å². The number of aromatic nitrogens is 3. The lowest BCUT2D eigenvalue weighted by Crippen LogP contribution is -2.71. The standard InChI is InChI=1S/C37H21N3O/c1-2-10-22(11-3-1)34-23-12-4-5-13-24(23)35-26-18-19-30-33-31(26)36-28(40(34)35)16-9-21-39(36)37(33)32-25(14-8-17-29(32)41-30)27-15-6-7-20-38(27)37/h1-21H/q+2. The molecule has 0 aliphatic carbocycles. The number of nitrogens with zero attached hydrogens (tertiary/aromatic N) is 3. The van der Waals surface area contributed by atoms with E-state index < -0.39 is 5.66 Å². The molecule has 11 rings (SSSR count). The molecule has 4 aromatic carbocycles. The second kappa shape index (κ2) is 6.62. The minimum atomic E-state index is -0.556. The molecule has 3 aliphatic heterocycles. The van der Waals surface area contributed by atoms with Gasteiger partial charge in [0.25, 0.3) is 0 Å². The lowest BCUT2D eigenvalue weighted by molar-refractivity contribution is -0.950. The third kappa shape index (κ3) is 2.05. The highest BCUT2D eigenvalue weighted by atomic mass is 16.5. The summed E-state index contributed by atoms with van der Waals surface area (Å²) in [5.41, 5.74) is 10.5. The van der Waals surface area contributed by atoms with Gasteiger partial charge in [-0.2, -0.15) is 0 Å². The highest BCUT2D eigenvalue weighted by Crippen LogP contribution is 2.57. The molecule has 7 heterocycles. The molecule has 0 fully saturated rings. The van der Waals surface area contributed by atoms with Crippen molar-refractivity contribution >= 4 is 38.1 Å². The molecule has 4 nitrogen and oxygen atoms in total. The molecular weight excluding hydrogens is 502 g/mol. The highest BCUT2D eigenvalue weighted by molar-refractivity contribution is 6.23. The number of rotatable bonds is 1. The number of pyridine rings is 3. The molecule has 0 saturated carbocycles. The minimum absolute atomic E-state index is 0.556. The Balaban J connectivity index is 1.46. The van der Waals surface area contributed by atoms with Gasteiger partial charge in [0.2, 0.25) is 11.2 Å². The summed E-state index contributed by atoms with van der Waals surface area (Å²) in [7, 11) is 0. The van der Waals surface area contributed by atoms with Crippen LogP contribution in [-0.2, 0) is 5.66 Å². The average Bonchev–Trinajstić information content (AvgIpc) is 3.66. The van der Waals surface area contributed by atoms with Crippen molar-refractivity contribution in [1.82, 2.24) is 4.40 Å². The number of hydrogen-bond donors (Lipinski definition) is 0. The zero-order valence-electron chi connectivity index (χ0n) is 21.9. The van der Waals surface area contributed by atoms with Gasteiger partial charge in [0.1, 0.15) is 17.0 Å². The molecule has 0 bridgehead atoms. The molecule has 3 aliphatic rings. The van der Waals surface area contributed by atoms with Gasteiger partial charge in [-0.05, 0) is 42.0 Å². The van der Waals surface area contributed by atoms with E-state index >= 15 is 0 Å². The number of hydrogen-bond acceptors (Lipinski definition) is 1. The first-order valence-electron chi connectivity index (χ1n) is 14.1. The predicted molar refractivity (Wildman–Crippen MR) is 159 cm³/mol. The normalized spacial score (nSPS) is 17.1. The molecule has 8 aromatic rings. The largest absolute Gasteiger partial charge is 0.456 e. The molecule has 188 valence electrons. The molecular formula is C37H21N3O+2. The summed E-state index contributed by atoms with van der Waals surface area (Å²) in [6.45, 7) is 0. The first-order chi connectivity index (χ1) is 20.4. The van der Waals surface area contributed by atoms with E-state index in [1.165, 1.54) is 71.7 Å². The monoisotopic (exact) mass is 523 g/mol. The van der Waals surface area contributed by atoms with Crippen LogP contribution in [0.5, 0.6) is 11.5 Å². The zero-order chi connectivity index (χ0) is 26.4. The lowest BCUT2D eigenvalue weighted by Gasteiger charge is -2.25. The number of benzene rings is 4. The topological polar surface area (TPSA) is 21.4 Å². The minimum Gasteiger partial charge on any atom is -0.456 e. The SMILES string of the molecule is c1ccc(-c2c3ccccc3c3c4ccc5c6c4c4c(ccc[n+]4C64c6c(cccc6-c6cccc[n+]64)O5)n23)cc1. The van der Waals surface area contributed by atoms with Crippen LogP contribution in [0.4, 0.5) is 0 Å². The van der Waals surface area contributed by atoms with Gasteiger partial charge in [0.05, 0.1) is 22.2 Å². The van der Waals surface area contributed by atoms with Gasteiger partial charge in [-0.25, -0.2) is 0 Å². The second-order valence-electron chi connectivity index (χ2n) is 11.3. The van der Waals surface area contributed by atoms with E-state index in [1.807, 2.05) is 0 Å². The molecule has 4 aromatic heterocycles. The molecule has 0 amide bonds. The summed E-state index contributed by atoms with van der Waals surface area (Å²) in [6.07, 6.45) is 4.51. The Hall–Kier alpha value is -5.48. The Morgan fingerprint density at radius 3 is 2.32 bits per heavy atom. The maximum absolute atomic E-state index is 6.75. The maximum Gasteiger partial charge on any atom is 0.425 e. The molecule has 41 heavy (non-hydrogen) atoms. The van der Waals surface area contributed by atoms with Crippen molar-refractivity contribution in [2.24, 2.45) is 0 Å². The summed E-state index contributed by atoms with van der Waals surface area (Å²) in [4.78, 5) is 0. The summed E-state index contributed by atoms with van der Waals surface area (Å²) >= 11 is 0. The third-order valence-electron chi connectivity index (χ3n) is 9.58. The van der Waals surface area contributed by atoms with E-state index in [1.54, 1.807) is 0 Å². The number of ether oxygens (including phenoxy) is 1. The summed E-state index contributed by atoms with van der Waals surface area (Å²) < 4.78 is 14.2. The van der Waals surface area contributed by atoms with Gasteiger partial charge in [-0.1, -0.05) is 60.7 Å². The molecule has 4 heteroatoms. The van der Waals surface area contributed by atoms with Gasteiger partial charge >= 0.3 is 5.66 Å². The Bertz CT molecular complexity index is 2510. The zero-order valence-corrected chi connectivity index (χ0v) is 21.9. The van der Waals surface area contributed by atoms with Crippen molar-refractivity contribution in [2.75, 3.05) is 0 Å². The molecule has 1 unspecified atom stereocenters. The lowest BCUT2D eigenvalue weighted by atomic mass is 9.86. The Morgan fingerprint density at radius 1 is 0.585 bits per heavy atom. The van der Waals surface area contributed by atoms with Crippen molar-refractivity contribution in [1.29, 1.82) is 0 Å². The first-order valence-corrected chi connectivity index (χ1v) is 14.1. The van der Waals surface area contributed by atoms with Crippen molar-refractivity contribution in [3.63, 3.8) is 0 Å². The fraction of sp³-hybridized carbons (Fsp3) is 0.0270.